The monoisotopic (exact) mass is 472 g/mol. The number of hydrogen-bond acceptors (Lipinski definition) is 9. The van der Waals surface area contributed by atoms with E-state index in [0.717, 1.165) is 17.6 Å². The lowest BCUT2D eigenvalue weighted by Gasteiger charge is -2.18. The Morgan fingerprint density at radius 2 is 1.88 bits per heavy atom. The molecule has 10 nitrogen and oxygen atoms in total. The number of ether oxygens (including phenoxy) is 3. The highest BCUT2D eigenvalue weighted by molar-refractivity contribution is 8.18. The number of rotatable bonds is 8. The van der Waals surface area contributed by atoms with Crippen molar-refractivity contribution in [3.8, 4) is 11.5 Å². The number of methoxy groups -OCH3 is 2. The van der Waals surface area contributed by atoms with E-state index in [0.29, 0.717) is 11.8 Å². The number of esters is 1. The van der Waals surface area contributed by atoms with Gasteiger partial charge in [-0.05, 0) is 36.4 Å². The fraction of sp³-hybridized carbons (Fsp3) is 0.227. The van der Waals surface area contributed by atoms with E-state index in [9.17, 15) is 24.5 Å². The minimum absolute atomic E-state index is 0.0418. The van der Waals surface area contributed by atoms with E-state index in [1.54, 1.807) is 0 Å². The summed E-state index contributed by atoms with van der Waals surface area (Å²) in [7, 11) is 2.52. The van der Waals surface area contributed by atoms with Gasteiger partial charge in [-0.1, -0.05) is 30.3 Å². The molecule has 1 atom stereocenters. The van der Waals surface area contributed by atoms with Gasteiger partial charge in [0.05, 0.1) is 35.7 Å². The van der Waals surface area contributed by atoms with Gasteiger partial charge in [0.1, 0.15) is 12.6 Å². The van der Waals surface area contributed by atoms with Crippen molar-refractivity contribution in [3.63, 3.8) is 0 Å². The summed E-state index contributed by atoms with van der Waals surface area (Å²) in [5.41, 5.74) is 0.562. The molecule has 0 N–H and O–H groups in total. The van der Waals surface area contributed by atoms with Crippen molar-refractivity contribution in [3.05, 3.63) is 68.6 Å². The number of benzene rings is 2. The second-order valence-electron chi connectivity index (χ2n) is 6.84. The van der Waals surface area contributed by atoms with Gasteiger partial charge in [-0.3, -0.25) is 24.6 Å². The van der Waals surface area contributed by atoms with E-state index in [1.807, 2.05) is 30.3 Å². The number of amides is 2. The Labute approximate surface area is 193 Å². The van der Waals surface area contributed by atoms with E-state index in [-0.39, 0.29) is 34.3 Å². The summed E-state index contributed by atoms with van der Waals surface area (Å²) in [6.07, 6.45) is 1.22. The fourth-order valence-electron chi connectivity index (χ4n) is 3.08. The lowest BCUT2D eigenvalue weighted by Crippen LogP contribution is -2.42. The molecule has 0 spiro atoms. The number of nitrogens with zero attached hydrogens (tertiary/aromatic N) is 2. The maximum atomic E-state index is 12.7. The third-order valence-electron chi connectivity index (χ3n) is 4.79. The summed E-state index contributed by atoms with van der Waals surface area (Å²) >= 11 is 0.575. The first-order valence-corrected chi connectivity index (χ1v) is 10.5. The summed E-state index contributed by atoms with van der Waals surface area (Å²) < 4.78 is 15.6. The number of nitro groups is 1. The summed E-state index contributed by atoms with van der Waals surface area (Å²) in [5, 5.41) is 11.0. The maximum absolute atomic E-state index is 12.7. The second kappa shape index (κ2) is 10.2. The Morgan fingerprint density at radius 1 is 1.18 bits per heavy atom. The maximum Gasteiger partial charge on any atom is 0.328 e. The summed E-state index contributed by atoms with van der Waals surface area (Å²) in [6.45, 7) is 1.52. The van der Waals surface area contributed by atoms with Gasteiger partial charge in [0, 0.05) is 0 Å². The molecule has 1 saturated heterocycles. The lowest BCUT2D eigenvalue weighted by molar-refractivity contribution is -0.385. The van der Waals surface area contributed by atoms with Crippen LogP contribution in [-0.2, 0) is 20.9 Å². The molecule has 0 radical (unpaired) electrons. The largest absolute Gasteiger partial charge is 0.493 e. The fourth-order valence-corrected chi connectivity index (χ4v) is 3.98. The highest BCUT2D eigenvalue weighted by Crippen LogP contribution is 2.39. The van der Waals surface area contributed by atoms with Crippen LogP contribution in [0.5, 0.6) is 11.5 Å². The molecule has 1 fully saturated rings. The first-order chi connectivity index (χ1) is 15.8. The SMILES string of the molecule is COC(=O)[C@H](C)N1C(=O)S/C(=C/c2cc(OC)c(OCc3ccccc3)cc2[N+](=O)[O-])C1=O. The Morgan fingerprint density at radius 3 is 2.48 bits per heavy atom. The summed E-state index contributed by atoms with van der Waals surface area (Å²) in [4.78, 5) is 48.6. The molecular formula is C22H20N2O8S. The van der Waals surface area contributed by atoms with Crippen LogP contribution in [0.15, 0.2) is 47.4 Å². The van der Waals surface area contributed by atoms with Crippen LogP contribution in [0, 0.1) is 10.1 Å². The van der Waals surface area contributed by atoms with Gasteiger partial charge in [-0.25, -0.2) is 4.79 Å². The molecule has 1 heterocycles. The molecule has 0 bridgehead atoms. The van der Waals surface area contributed by atoms with Crippen molar-refractivity contribution in [1.29, 1.82) is 0 Å². The van der Waals surface area contributed by atoms with Crippen LogP contribution in [0.1, 0.15) is 18.1 Å². The van der Waals surface area contributed by atoms with Crippen LogP contribution in [-0.4, -0.2) is 47.2 Å². The van der Waals surface area contributed by atoms with E-state index < -0.39 is 28.1 Å². The molecule has 2 aromatic carbocycles. The van der Waals surface area contributed by atoms with E-state index in [4.69, 9.17) is 9.47 Å². The van der Waals surface area contributed by atoms with Gasteiger partial charge in [-0.15, -0.1) is 0 Å². The van der Waals surface area contributed by atoms with Gasteiger partial charge in [0.25, 0.3) is 16.8 Å². The van der Waals surface area contributed by atoms with Crippen LogP contribution >= 0.6 is 11.8 Å². The molecule has 11 heteroatoms. The molecular weight excluding hydrogens is 452 g/mol. The molecule has 0 aliphatic carbocycles. The number of carbonyl (C=O) groups is 3. The summed E-state index contributed by atoms with van der Waals surface area (Å²) in [5.74, 6) is -1.14. The Bertz CT molecular complexity index is 1130. The number of hydrogen-bond donors (Lipinski definition) is 0. The molecule has 172 valence electrons. The van der Waals surface area contributed by atoms with Crippen LogP contribution < -0.4 is 9.47 Å². The van der Waals surface area contributed by atoms with Crippen LogP contribution in [0.4, 0.5) is 10.5 Å². The standard InChI is InChI=1S/C22H20N2O8S/c1-13(21(26)31-3)23-20(25)19(33-22(23)27)10-15-9-17(30-2)18(11-16(15)24(28)29)32-12-14-7-5-4-6-8-14/h4-11,13H,12H2,1-3H3/b19-10+/t13-/m0/s1. The first kappa shape index (κ1) is 23.8. The highest BCUT2D eigenvalue weighted by atomic mass is 32.2. The molecule has 2 aromatic rings. The van der Waals surface area contributed by atoms with Gasteiger partial charge in [0.2, 0.25) is 0 Å². The first-order valence-electron chi connectivity index (χ1n) is 9.64. The van der Waals surface area contributed by atoms with Crippen LogP contribution in [0.2, 0.25) is 0 Å². The average molecular weight is 472 g/mol. The van der Waals surface area contributed by atoms with E-state index in [1.165, 1.54) is 32.2 Å². The predicted molar refractivity (Wildman–Crippen MR) is 120 cm³/mol. The van der Waals surface area contributed by atoms with Gasteiger partial charge < -0.3 is 14.2 Å². The molecule has 0 saturated carbocycles. The topological polar surface area (TPSA) is 125 Å². The van der Waals surface area contributed by atoms with Gasteiger partial charge in [0.15, 0.2) is 11.5 Å². The Hall–Kier alpha value is -3.86. The average Bonchev–Trinajstić information content (AvgIpc) is 3.09. The molecule has 3 rings (SSSR count). The highest BCUT2D eigenvalue weighted by Gasteiger charge is 2.41. The van der Waals surface area contributed by atoms with E-state index in [2.05, 4.69) is 4.74 Å². The molecule has 0 unspecified atom stereocenters. The zero-order valence-electron chi connectivity index (χ0n) is 18.0. The molecule has 2 amide bonds. The number of carbonyl (C=O) groups excluding carboxylic acids is 3. The molecule has 0 aromatic heterocycles. The normalized spacial score (nSPS) is 15.5. The Kier molecular flexibility index (Phi) is 7.34. The smallest absolute Gasteiger partial charge is 0.328 e. The minimum Gasteiger partial charge on any atom is -0.493 e. The third-order valence-corrected chi connectivity index (χ3v) is 5.67. The number of imide groups is 1. The van der Waals surface area contributed by atoms with Crippen molar-refractivity contribution in [2.75, 3.05) is 14.2 Å². The van der Waals surface area contributed by atoms with Crippen molar-refractivity contribution >= 4 is 40.6 Å². The zero-order chi connectivity index (χ0) is 24.1. The minimum atomic E-state index is -1.13. The molecule has 33 heavy (non-hydrogen) atoms. The van der Waals surface area contributed by atoms with Crippen LogP contribution in [0.25, 0.3) is 6.08 Å². The molecule has 1 aliphatic heterocycles. The number of nitro benzene ring substituents is 1. The predicted octanol–water partition coefficient (Wildman–Crippen LogP) is 3.78. The zero-order valence-corrected chi connectivity index (χ0v) is 18.8. The van der Waals surface area contributed by atoms with Gasteiger partial charge >= 0.3 is 5.97 Å². The Balaban J connectivity index is 1.95. The van der Waals surface area contributed by atoms with E-state index >= 15 is 0 Å². The second-order valence-corrected chi connectivity index (χ2v) is 7.84. The van der Waals surface area contributed by atoms with Crippen LogP contribution in [0.3, 0.4) is 0 Å². The van der Waals surface area contributed by atoms with Crippen molar-refractivity contribution in [2.24, 2.45) is 0 Å². The van der Waals surface area contributed by atoms with Crippen molar-refractivity contribution in [1.82, 2.24) is 4.90 Å². The third kappa shape index (κ3) is 5.14. The number of thioether (sulfide) groups is 1. The summed E-state index contributed by atoms with van der Waals surface area (Å²) in [6, 6.07) is 10.7. The lowest BCUT2D eigenvalue weighted by atomic mass is 10.1. The van der Waals surface area contributed by atoms with Crippen molar-refractivity contribution in [2.45, 2.75) is 19.6 Å². The van der Waals surface area contributed by atoms with Crippen molar-refractivity contribution < 1.29 is 33.5 Å². The van der Waals surface area contributed by atoms with Gasteiger partial charge in [-0.2, -0.15) is 0 Å². The quantitative estimate of drug-likeness (QED) is 0.244. The molecule has 1 aliphatic rings.